The Hall–Kier alpha value is -0.0100. The van der Waals surface area contributed by atoms with Crippen molar-refractivity contribution < 1.29 is 0 Å². The number of alkyl halides is 1. The summed E-state index contributed by atoms with van der Waals surface area (Å²) in [6.45, 7) is 2.33. The van der Waals surface area contributed by atoms with E-state index in [-0.39, 0.29) is 0 Å². The van der Waals surface area contributed by atoms with Crippen molar-refractivity contribution in [3.63, 3.8) is 0 Å². The monoisotopic (exact) mass is 200 g/mol. The van der Waals surface area contributed by atoms with Crippen LogP contribution in [0, 0.1) is 5.92 Å². The van der Waals surface area contributed by atoms with E-state index in [1.165, 1.54) is 24.1 Å². The molecule has 1 aliphatic carbocycles. The molecule has 0 aliphatic heterocycles. The van der Waals surface area contributed by atoms with Gasteiger partial charge in [0.05, 0.1) is 5.88 Å². The Balaban J connectivity index is 2.28. The maximum absolute atomic E-state index is 5.79. The number of thiophene rings is 1. The topological polar surface area (TPSA) is 0 Å². The van der Waals surface area contributed by atoms with E-state index < -0.39 is 0 Å². The zero-order chi connectivity index (χ0) is 8.55. The highest BCUT2D eigenvalue weighted by atomic mass is 35.5. The molecule has 1 atom stereocenters. The third-order valence-electron chi connectivity index (χ3n) is 2.51. The maximum Gasteiger partial charge on any atom is 0.0568 e. The molecular weight excluding hydrogens is 188 g/mol. The second-order valence-corrected chi connectivity index (χ2v) is 5.13. The van der Waals surface area contributed by atoms with Crippen molar-refractivity contribution in [2.45, 2.75) is 32.1 Å². The molecule has 66 valence electrons. The van der Waals surface area contributed by atoms with E-state index in [1.807, 2.05) is 11.3 Å². The summed E-state index contributed by atoms with van der Waals surface area (Å²) in [5.74, 6) is 1.56. The molecule has 0 saturated heterocycles. The molecule has 0 radical (unpaired) electrons. The minimum Gasteiger partial charge on any atom is -0.144 e. The van der Waals surface area contributed by atoms with Crippen molar-refractivity contribution >= 4 is 22.9 Å². The molecule has 0 aromatic carbocycles. The van der Waals surface area contributed by atoms with Crippen LogP contribution in [-0.2, 0) is 18.7 Å². The second-order valence-electron chi connectivity index (χ2n) is 3.64. The highest BCUT2D eigenvalue weighted by Gasteiger charge is 2.17. The van der Waals surface area contributed by atoms with Gasteiger partial charge in [-0.2, -0.15) is 0 Å². The van der Waals surface area contributed by atoms with E-state index >= 15 is 0 Å². The third kappa shape index (κ3) is 1.53. The SMILES string of the molecule is CC1CCc2sc(CCl)cc2C1. The Kier molecular flexibility index (Phi) is 2.42. The first kappa shape index (κ1) is 8.58. The van der Waals surface area contributed by atoms with Crippen LogP contribution in [0.2, 0.25) is 0 Å². The lowest BCUT2D eigenvalue weighted by atomic mass is 9.90. The van der Waals surface area contributed by atoms with E-state index in [2.05, 4.69) is 13.0 Å². The Morgan fingerprint density at radius 2 is 2.50 bits per heavy atom. The number of fused-ring (bicyclic) bond motifs is 1. The molecule has 1 aromatic rings. The summed E-state index contributed by atoms with van der Waals surface area (Å²) < 4.78 is 0. The number of aryl methyl sites for hydroxylation is 1. The van der Waals surface area contributed by atoms with Crippen LogP contribution in [0.25, 0.3) is 0 Å². The van der Waals surface area contributed by atoms with Crippen molar-refractivity contribution in [3.8, 4) is 0 Å². The third-order valence-corrected chi connectivity index (χ3v) is 4.20. The summed E-state index contributed by atoms with van der Waals surface area (Å²) in [5.41, 5.74) is 1.56. The molecule has 12 heavy (non-hydrogen) atoms. The highest BCUT2D eigenvalue weighted by Crippen LogP contribution is 2.32. The molecule has 0 fully saturated rings. The lowest BCUT2D eigenvalue weighted by Crippen LogP contribution is -2.07. The van der Waals surface area contributed by atoms with E-state index in [4.69, 9.17) is 11.6 Å². The molecule has 0 bridgehead atoms. The summed E-state index contributed by atoms with van der Waals surface area (Å²) in [6.07, 6.45) is 3.90. The average Bonchev–Trinajstić information content (AvgIpc) is 2.46. The molecule has 0 amide bonds. The van der Waals surface area contributed by atoms with Crippen LogP contribution >= 0.6 is 22.9 Å². The van der Waals surface area contributed by atoms with Gasteiger partial charge in [0.1, 0.15) is 0 Å². The van der Waals surface area contributed by atoms with Crippen LogP contribution in [0.1, 0.15) is 28.7 Å². The van der Waals surface area contributed by atoms with Crippen molar-refractivity contribution in [2.24, 2.45) is 5.92 Å². The van der Waals surface area contributed by atoms with Gasteiger partial charge in [-0.25, -0.2) is 0 Å². The lowest BCUT2D eigenvalue weighted by molar-refractivity contribution is 0.506. The molecule has 1 aliphatic rings. The fraction of sp³-hybridized carbons (Fsp3) is 0.600. The quantitative estimate of drug-likeness (QED) is 0.608. The number of hydrogen-bond donors (Lipinski definition) is 0. The minimum absolute atomic E-state index is 0.687. The van der Waals surface area contributed by atoms with Crippen LogP contribution < -0.4 is 0 Å². The molecule has 0 saturated carbocycles. The van der Waals surface area contributed by atoms with Crippen molar-refractivity contribution in [2.75, 3.05) is 0 Å². The van der Waals surface area contributed by atoms with Crippen LogP contribution in [0.15, 0.2) is 6.07 Å². The largest absolute Gasteiger partial charge is 0.144 e. The van der Waals surface area contributed by atoms with Crippen LogP contribution in [0.4, 0.5) is 0 Å². The number of halogens is 1. The van der Waals surface area contributed by atoms with Gasteiger partial charge in [-0.15, -0.1) is 22.9 Å². The van der Waals surface area contributed by atoms with Gasteiger partial charge in [0.2, 0.25) is 0 Å². The second kappa shape index (κ2) is 3.39. The Labute approximate surface area is 82.6 Å². The molecule has 0 nitrogen and oxygen atoms in total. The van der Waals surface area contributed by atoms with Crippen LogP contribution in [0.3, 0.4) is 0 Å². The zero-order valence-corrected chi connectivity index (χ0v) is 8.84. The molecule has 1 aromatic heterocycles. The zero-order valence-electron chi connectivity index (χ0n) is 7.27. The predicted molar refractivity (Wildman–Crippen MR) is 55.1 cm³/mol. The first-order valence-electron chi connectivity index (χ1n) is 4.46. The van der Waals surface area contributed by atoms with Crippen LogP contribution in [-0.4, -0.2) is 0 Å². The van der Waals surface area contributed by atoms with Gasteiger partial charge in [0, 0.05) is 9.75 Å². The smallest absolute Gasteiger partial charge is 0.0568 e. The van der Waals surface area contributed by atoms with Crippen molar-refractivity contribution in [1.29, 1.82) is 0 Å². The van der Waals surface area contributed by atoms with Gasteiger partial charge in [-0.3, -0.25) is 0 Å². The van der Waals surface area contributed by atoms with Gasteiger partial charge in [0.15, 0.2) is 0 Å². The first-order chi connectivity index (χ1) is 5.79. The molecule has 2 rings (SSSR count). The summed E-state index contributed by atoms with van der Waals surface area (Å²) in [4.78, 5) is 2.93. The van der Waals surface area contributed by atoms with E-state index in [0.29, 0.717) is 5.88 Å². The lowest BCUT2D eigenvalue weighted by Gasteiger charge is -2.17. The Morgan fingerprint density at radius 1 is 1.67 bits per heavy atom. The van der Waals surface area contributed by atoms with Gasteiger partial charge in [-0.05, 0) is 36.8 Å². The molecule has 0 N–H and O–H groups in total. The normalized spacial score (nSPS) is 22.3. The number of rotatable bonds is 1. The fourth-order valence-electron chi connectivity index (χ4n) is 1.83. The van der Waals surface area contributed by atoms with Gasteiger partial charge < -0.3 is 0 Å². The van der Waals surface area contributed by atoms with Gasteiger partial charge >= 0.3 is 0 Å². The minimum atomic E-state index is 0.687. The predicted octanol–water partition coefficient (Wildman–Crippen LogP) is 3.61. The Bertz CT molecular complexity index is 277. The summed E-state index contributed by atoms with van der Waals surface area (Å²) in [7, 11) is 0. The Morgan fingerprint density at radius 3 is 3.25 bits per heavy atom. The summed E-state index contributed by atoms with van der Waals surface area (Å²) in [6, 6.07) is 2.29. The van der Waals surface area contributed by atoms with E-state index in [9.17, 15) is 0 Å². The molecule has 1 heterocycles. The highest BCUT2D eigenvalue weighted by molar-refractivity contribution is 7.12. The number of hydrogen-bond acceptors (Lipinski definition) is 1. The molecule has 0 spiro atoms. The van der Waals surface area contributed by atoms with Crippen molar-refractivity contribution in [3.05, 3.63) is 21.4 Å². The van der Waals surface area contributed by atoms with Crippen molar-refractivity contribution in [1.82, 2.24) is 0 Å². The first-order valence-corrected chi connectivity index (χ1v) is 5.81. The summed E-state index contributed by atoms with van der Waals surface area (Å²) in [5, 5.41) is 0. The molecule has 1 unspecified atom stereocenters. The average molecular weight is 201 g/mol. The maximum atomic E-state index is 5.79. The van der Waals surface area contributed by atoms with E-state index in [1.54, 1.807) is 10.4 Å². The van der Waals surface area contributed by atoms with Crippen LogP contribution in [0.5, 0.6) is 0 Å². The summed E-state index contributed by atoms with van der Waals surface area (Å²) >= 11 is 7.70. The van der Waals surface area contributed by atoms with Gasteiger partial charge in [0.25, 0.3) is 0 Å². The fourth-order valence-corrected chi connectivity index (χ4v) is 3.14. The standard InChI is InChI=1S/C10H13ClS/c1-7-2-3-10-8(4-7)5-9(6-11)12-10/h5,7H,2-4,6H2,1H3. The molecular formula is C10H13ClS. The van der Waals surface area contributed by atoms with Gasteiger partial charge in [-0.1, -0.05) is 6.92 Å². The van der Waals surface area contributed by atoms with E-state index in [0.717, 1.165) is 5.92 Å². The molecule has 2 heteroatoms.